The zero-order valence-corrected chi connectivity index (χ0v) is 29.1. The van der Waals surface area contributed by atoms with E-state index < -0.39 is 5.60 Å². The molecule has 0 radical (unpaired) electrons. The first-order valence-corrected chi connectivity index (χ1v) is 16.1. The van der Waals surface area contributed by atoms with Gasteiger partial charge in [-0.25, -0.2) is 0 Å². The summed E-state index contributed by atoms with van der Waals surface area (Å²) in [6, 6.07) is 4.99. The average Bonchev–Trinajstić information content (AvgIpc) is 3.72. The van der Waals surface area contributed by atoms with E-state index in [2.05, 4.69) is 69.3 Å². The smallest absolute Gasteiger partial charge is 1.00 e. The van der Waals surface area contributed by atoms with Gasteiger partial charge in [-0.2, -0.15) is 10.2 Å². The van der Waals surface area contributed by atoms with Crippen molar-refractivity contribution in [1.82, 2.24) is 19.6 Å². The number of ether oxygens (including phenoxy) is 4. The van der Waals surface area contributed by atoms with Crippen LogP contribution >= 0.6 is 54.5 Å². The SMILES string of the molecule is C1CCOC1.CI.COC1(c2cc(Br)nn2C2CC2)COC1.OC1(c2cc(Br)nn2C2CC2)COC1.[H-].[Na+]. The zero-order valence-electron chi connectivity index (χ0n) is 22.8. The van der Waals surface area contributed by atoms with E-state index in [0.717, 1.165) is 46.6 Å². The summed E-state index contributed by atoms with van der Waals surface area (Å²) in [6.07, 6.45) is 7.33. The van der Waals surface area contributed by atoms with Crippen molar-refractivity contribution < 1.29 is 55.0 Å². The summed E-state index contributed by atoms with van der Waals surface area (Å²) in [5.41, 5.74) is 0.965. The van der Waals surface area contributed by atoms with Crippen molar-refractivity contribution in [3.8, 4) is 0 Å². The third kappa shape index (κ3) is 8.02. The molecule has 9 nitrogen and oxygen atoms in total. The number of aliphatic hydroxyl groups is 1. The van der Waals surface area contributed by atoms with Crippen molar-refractivity contribution in [2.45, 2.75) is 61.8 Å². The average molecular weight is 770 g/mol. The predicted octanol–water partition coefficient (Wildman–Crippen LogP) is 2.02. The minimum Gasteiger partial charge on any atom is -1.00 e. The molecule has 7 rings (SSSR count). The molecule has 5 aliphatic rings. The first-order valence-electron chi connectivity index (χ1n) is 12.3. The van der Waals surface area contributed by atoms with Crippen LogP contribution in [0.25, 0.3) is 0 Å². The Balaban J connectivity index is 0.000000206. The van der Waals surface area contributed by atoms with Crippen molar-refractivity contribution >= 4 is 54.5 Å². The Hall–Kier alpha value is 0.910. The molecule has 2 aromatic heterocycles. The van der Waals surface area contributed by atoms with Crippen LogP contribution in [0.2, 0.25) is 0 Å². The van der Waals surface area contributed by atoms with Crippen LogP contribution in [0.15, 0.2) is 21.3 Å². The maximum atomic E-state index is 10.1. The maximum Gasteiger partial charge on any atom is 1.00 e. The van der Waals surface area contributed by atoms with Crippen LogP contribution in [-0.4, -0.2) is 76.3 Å². The number of hydrogen-bond acceptors (Lipinski definition) is 7. The Labute approximate surface area is 272 Å². The molecule has 1 N–H and O–H groups in total. The van der Waals surface area contributed by atoms with Gasteiger partial charge in [0.1, 0.15) is 9.21 Å². The number of nitrogens with zero attached hydrogens (tertiary/aromatic N) is 4. The number of hydrogen-bond donors (Lipinski definition) is 1. The summed E-state index contributed by atoms with van der Waals surface area (Å²) in [5, 5.41) is 19.0. The number of rotatable bonds is 5. The van der Waals surface area contributed by atoms with Crippen molar-refractivity contribution in [2.24, 2.45) is 0 Å². The molecule has 37 heavy (non-hydrogen) atoms. The van der Waals surface area contributed by atoms with Crippen LogP contribution in [0.3, 0.4) is 0 Å². The Morgan fingerprint density at radius 3 is 1.68 bits per heavy atom. The maximum absolute atomic E-state index is 10.1. The Bertz CT molecular complexity index is 983. The van der Waals surface area contributed by atoms with Gasteiger partial charge in [0.05, 0.1) is 49.9 Å². The van der Waals surface area contributed by atoms with E-state index in [0.29, 0.717) is 38.5 Å². The number of halogens is 3. The van der Waals surface area contributed by atoms with Crippen LogP contribution in [-0.2, 0) is 30.1 Å². The minimum absolute atomic E-state index is 0. The topological polar surface area (TPSA) is 92.8 Å². The fourth-order valence-electron chi connectivity index (χ4n) is 4.22. The summed E-state index contributed by atoms with van der Waals surface area (Å²) >= 11 is 8.92. The largest absolute Gasteiger partial charge is 1.00 e. The van der Waals surface area contributed by atoms with Crippen LogP contribution in [0, 0.1) is 0 Å². The molecule has 0 amide bonds. The van der Waals surface area contributed by atoms with Gasteiger partial charge in [0.25, 0.3) is 0 Å². The molecule has 2 saturated carbocycles. The fraction of sp³-hybridized carbons (Fsp3) is 0.750. The molecule has 0 spiro atoms. The van der Waals surface area contributed by atoms with E-state index in [4.69, 9.17) is 18.9 Å². The molecule has 2 aliphatic carbocycles. The van der Waals surface area contributed by atoms with E-state index in [1.165, 1.54) is 25.7 Å². The molecule has 2 aromatic rings. The molecule has 13 heteroatoms. The van der Waals surface area contributed by atoms with Gasteiger partial charge in [0.15, 0.2) is 11.2 Å². The second-order valence-electron chi connectivity index (χ2n) is 9.59. The molecule has 3 aliphatic heterocycles. The molecule has 204 valence electrons. The van der Waals surface area contributed by atoms with Crippen molar-refractivity contribution in [3.63, 3.8) is 0 Å². The quantitative estimate of drug-likeness (QED) is 0.283. The second kappa shape index (κ2) is 14.7. The first kappa shape index (κ1) is 32.4. The number of alkyl halides is 1. The summed E-state index contributed by atoms with van der Waals surface area (Å²) in [7, 11) is 1.74. The van der Waals surface area contributed by atoms with Gasteiger partial charge in [0.2, 0.25) is 0 Å². The van der Waals surface area contributed by atoms with Gasteiger partial charge in [-0.05, 0) is 87.4 Å². The molecule has 3 saturated heterocycles. The van der Waals surface area contributed by atoms with Gasteiger partial charge >= 0.3 is 29.6 Å². The number of methoxy groups -OCH3 is 1. The van der Waals surface area contributed by atoms with Crippen molar-refractivity contribution in [1.29, 1.82) is 0 Å². The van der Waals surface area contributed by atoms with Crippen molar-refractivity contribution in [2.75, 3.05) is 51.7 Å². The molecular formula is C24H36Br2IN4NaO5. The van der Waals surface area contributed by atoms with Gasteiger partial charge in [-0.3, -0.25) is 9.36 Å². The minimum atomic E-state index is -0.804. The van der Waals surface area contributed by atoms with E-state index in [-0.39, 0.29) is 36.6 Å². The van der Waals surface area contributed by atoms with E-state index in [1.807, 2.05) is 21.7 Å². The fourth-order valence-corrected chi connectivity index (χ4v) is 5.00. The monoisotopic (exact) mass is 768 g/mol. The molecule has 0 aromatic carbocycles. The normalized spacial score (nSPS) is 22.4. The summed E-state index contributed by atoms with van der Waals surface area (Å²) in [5.74, 6) is 0. The third-order valence-corrected chi connectivity index (χ3v) is 7.49. The van der Waals surface area contributed by atoms with E-state index >= 15 is 0 Å². The van der Waals surface area contributed by atoms with Crippen LogP contribution in [0.4, 0.5) is 0 Å². The van der Waals surface area contributed by atoms with E-state index in [1.54, 1.807) is 7.11 Å². The van der Waals surface area contributed by atoms with Crippen LogP contribution in [0.5, 0.6) is 0 Å². The van der Waals surface area contributed by atoms with Crippen LogP contribution in [0.1, 0.15) is 63.4 Å². The van der Waals surface area contributed by atoms with Gasteiger partial charge < -0.3 is 25.5 Å². The molecule has 0 bridgehead atoms. The Morgan fingerprint density at radius 1 is 0.892 bits per heavy atom. The summed E-state index contributed by atoms with van der Waals surface area (Å²) < 4.78 is 26.6. The van der Waals surface area contributed by atoms with Crippen LogP contribution < -0.4 is 29.6 Å². The summed E-state index contributed by atoms with van der Waals surface area (Å²) in [6.45, 7) is 4.04. The van der Waals surface area contributed by atoms with Crippen molar-refractivity contribution in [3.05, 3.63) is 32.7 Å². The zero-order chi connectivity index (χ0) is 25.8. The summed E-state index contributed by atoms with van der Waals surface area (Å²) in [4.78, 5) is 1.97. The molecule has 5 fully saturated rings. The molecular weight excluding hydrogens is 734 g/mol. The second-order valence-corrected chi connectivity index (χ2v) is 11.2. The number of aromatic nitrogens is 4. The molecule has 0 unspecified atom stereocenters. The van der Waals surface area contributed by atoms with Gasteiger partial charge in [-0.1, -0.05) is 22.6 Å². The van der Waals surface area contributed by atoms with Gasteiger partial charge in [-0.15, -0.1) is 0 Å². The first-order chi connectivity index (χ1) is 17.4. The third-order valence-electron chi connectivity index (χ3n) is 6.71. The standard InChI is InChI=1S/C10H13BrN2O2.C9H11BrN2O2.C4H8O.CH3I.Na.H/c1-14-10(5-15-6-10)8-4-9(11)12-13(8)7-2-3-7;10-8-3-7(9(13)4-14-5-9)12(11-8)6-1-2-6;1-2-4-5-3-1;1-2;;/h4,7H,2-3,5-6H2,1H3;3,6,13H,1-2,4-5H2;1-4H2;1H3;;/q;;;;+1;-1. The van der Waals surface area contributed by atoms with E-state index in [9.17, 15) is 5.11 Å². The molecule has 5 heterocycles. The predicted molar refractivity (Wildman–Crippen MR) is 152 cm³/mol. The van der Waals surface area contributed by atoms with Gasteiger partial charge in [0, 0.05) is 20.3 Å². The Kier molecular flexibility index (Phi) is 12.9. The Morgan fingerprint density at radius 2 is 1.35 bits per heavy atom. The molecule has 0 atom stereocenters.